The van der Waals surface area contributed by atoms with Crippen LogP contribution in [-0.4, -0.2) is 28.0 Å². The van der Waals surface area contributed by atoms with Crippen LogP contribution in [0.15, 0.2) is 28.2 Å². The van der Waals surface area contributed by atoms with Gasteiger partial charge in [0.1, 0.15) is 4.83 Å². The largest absolute Gasteiger partial charge is 0.454 e. The molecule has 0 saturated carbocycles. The molecule has 0 saturated heterocycles. The third kappa shape index (κ3) is 3.47. The van der Waals surface area contributed by atoms with Crippen molar-refractivity contribution in [3.05, 3.63) is 44.6 Å². The Morgan fingerprint density at radius 3 is 2.93 bits per heavy atom. The molecular formula is C19H19N3O4S2. The number of benzene rings is 1. The second-order valence-corrected chi connectivity index (χ2v) is 8.62. The van der Waals surface area contributed by atoms with Gasteiger partial charge in [0.15, 0.2) is 16.7 Å². The topological polar surface area (TPSA) is 82.4 Å². The summed E-state index contributed by atoms with van der Waals surface area (Å²) in [6.45, 7) is 4.54. The van der Waals surface area contributed by atoms with Gasteiger partial charge in [0.05, 0.1) is 11.1 Å². The first kappa shape index (κ1) is 18.8. The maximum absolute atomic E-state index is 12.6. The van der Waals surface area contributed by atoms with Crippen molar-refractivity contribution < 1.29 is 14.3 Å². The Bertz CT molecular complexity index is 1140. The molecule has 0 radical (unpaired) electrons. The number of thioether (sulfide) groups is 1. The third-order valence-electron chi connectivity index (χ3n) is 4.63. The van der Waals surface area contributed by atoms with Crippen molar-refractivity contribution in [3.63, 3.8) is 0 Å². The van der Waals surface area contributed by atoms with E-state index in [1.54, 1.807) is 7.05 Å². The zero-order valence-electron chi connectivity index (χ0n) is 15.7. The van der Waals surface area contributed by atoms with Crippen molar-refractivity contribution >= 4 is 39.2 Å². The van der Waals surface area contributed by atoms with Gasteiger partial charge >= 0.3 is 0 Å². The van der Waals surface area contributed by atoms with Crippen LogP contribution in [0.1, 0.15) is 16.0 Å². The molecule has 0 unspecified atom stereocenters. The normalized spacial score (nSPS) is 12.5. The molecule has 3 aromatic rings. The number of nitrogens with one attached hydrogen (secondary N) is 1. The van der Waals surface area contributed by atoms with E-state index in [9.17, 15) is 9.59 Å². The number of rotatable bonds is 5. The summed E-state index contributed by atoms with van der Waals surface area (Å²) >= 11 is 2.76. The van der Waals surface area contributed by atoms with Crippen molar-refractivity contribution in [1.82, 2.24) is 14.9 Å². The summed E-state index contributed by atoms with van der Waals surface area (Å²) in [6, 6.07) is 5.58. The van der Waals surface area contributed by atoms with Crippen LogP contribution in [0.5, 0.6) is 11.5 Å². The number of amides is 1. The van der Waals surface area contributed by atoms with Crippen LogP contribution < -0.4 is 20.3 Å². The van der Waals surface area contributed by atoms with Gasteiger partial charge in [0, 0.05) is 18.5 Å². The number of aromatic nitrogens is 2. The molecule has 0 aliphatic carbocycles. The van der Waals surface area contributed by atoms with Gasteiger partial charge in [-0.1, -0.05) is 17.8 Å². The molecule has 4 rings (SSSR count). The summed E-state index contributed by atoms with van der Waals surface area (Å²) < 4.78 is 12.1. The number of hydrogen-bond donors (Lipinski definition) is 1. The molecule has 1 aromatic carbocycles. The number of hydrogen-bond acceptors (Lipinski definition) is 7. The fourth-order valence-corrected chi connectivity index (χ4v) is 4.79. The van der Waals surface area contributed by atoms with Crippen molar-refractivity contribution in [1.29, 1.82) is 0 Å². The molecule has 1 N–H and O–H groups in total. The van der Waals surface area contributed by atoms with Gasteiger partial charge in [-0.05, 0) is 37.1 Å². The Hall–Kier alpha value is -2.52. The van der Waals surface area contributed by atoms with Gasteiger partial charge in [-0.2, -0.15) is 0 Å². The van der Waals surface area contributed by atoms with E-state index >= 15 is 0 Å². The molecule has 1 aliphatic rings. The molecule has 2 aromatic heterocycles. The quantitative estimate of drug-likeness (QED) is 0.508. The van der Waals surface area contributed by atoms with Crippen LogP contribution in [0.2, 0.25) is 0 Å². The highest BCUT2D eigenvalue weighted by Crippen LogP contribution is 2.32. The maximum atomic E-state index is 12.6. The molecule has 28 heavy (non-hydrogen) atoms. The molecule has 1 aliphatic heterocycles. The van der Waals surface area contributed by atoms with E-state index in [1.165, 1.54) is 27.7 Å². The van der Waals surface area contributed by atoms with Gasteiger partial charge in [-0.15, -0.1) is 11.3 Å². The molecule has 0 bridgehead atoms. The third-order valence-corrected chi connectivity index (χ3v) is 6.76. The van der Waals surface area contributed by atoms with E-state index in [0.29, 0.717) is 28.6 Å². The second-order valence-electron chi connectivity index (χ2n) is 6.47. The molecule has 0 atom stereocenters. The van der Waals surface area contributed by atoms with E-state index in [-0.39, 0.29) is 24.0 Å². The van der Waals surface area contributed by atoms with Crippen LogP contribution >= 0.6 is 23.1 Å². The highest BCUT2D eigenvalue weighted by molar-refractivity contribution is 7.99. The molecule has 3 heterocycles. The Labute approximate surface area is 169 Å². The number of carbonyl (C=O) groups is 1. The lowest BCUT2D eigenvalue weighted by atomic mass is 10.2. The predicted octanol–water partition coefficient (Wildman–Crippen LogP) is 2.75. The van der Waals surface area contributed by atoms with E-state index in [2.05, 4.69) is 10.3 Å². The number of nitrogens with zero attached hydrogens (tertiary/aromatic N) is 2. The average molecular weight is 418 g/mol. The van der Waals surface area contributed by atoms with Gasteiger partial charge in [0.2, 0.25) is 12.7 Å². The zero-order chi connectivity index (χ0) is 19.8. The first-order valence-corrected chi connectivity index (χ1v) is 10.5. The Morgan fingerprint density at radius 2 is 2.11 bits per heavy atom. The summed E-state index contributed by atoms with van der Waals surface area (Å²) in [5.41, 5.74) is 1.83. The summed E-state index contributed by atoms with van der Waals surface area (Å²) in [5.74, 6) is 1.46. The van der Waals surface area contributed by atoms with E-state index in [4.69, 9.17) is 9.47 Å². The van der Waals surface area contributed by atoms with E-state index in [1.807, 2.05) is 32.0 Å². The minimum atomic E-state index is -0.129. The molecule has 9 heteroatoms. The first-order valence-electron chi connectivity index (χ1n) is 8.69. The number of aryl methyl sites for hydroxylation is 2. The number of thiophene rings is 1. The van der Waals surface area contributed by atoms with Crippen molar-refractivity contribution in [2.75, 3.05) is 12.5 Å². The summed E-state index contributed by atoms with van der Waals surface area (Å²) in [4.78, 5) is 31.3. The van der Waals surface area contributed by atoms with Crippen molar-refractivity contribution in [2.24, 2.45) is 7.05 Å². The van der Waals surface area contributed by atoms with Gasteiger partial charge in [-0.25, -0.2) is 4.98 Å². The fourth-order valence-electron chi connectivity index (χ4n) is 2.92. The molecule has 0 fully saturated rings. The highest BCUT2D eigenvalue weighted by atomic mass is 32.2. The lowest BCUT2D eigenvalue weighted by molar-refractivity contribution is -0.118. The van der Waals surface area contributed by atoms with Crippen LogP contribution in [-0.2, 0) is 18.4 Å². The monoisotopic (exact) mass is 417 g/mol. The highest BCUT2D eigenvalue weighted by Gasteiger charge is 2.16. The zero-order valence-corrected chi connectivity index (χ0v) is 17.3. The lowest BCUT2D eigenvalue weighted by Crippen LogP contribution is -2.25. The smallest absolute Gasteiger partial charge is 0.262 e. The maximum Gasteiger partial charge on any atom is 0.262 e. The van der Waals surface area contributed by atoms with E-state index < -0.39 is 0 Å². The molecular weight excluding hydrogens is 398 g/mol. The Morgan fingerprint density at radius 1 is 1.32 bits per heavy atom. The molecule has 146 valence electrons. The predicted molar refractivity (Wildman–Crippen MR) is 109 cm³/mol. The Kier molecular flexibility index (Phi) is 5.03. The Balaban J connectivity index is 1.41. The SMILES string of the molecule is Cc1sc2nc(SCC(=O)NCc3ccc4c(c3)OCO4)n(C)c(=O)c2c1C. The fraction of sp³-hybridized carbons (Fsp3) is 0.316. The lowest BCUT2D eigenvalue weighted by Gasteiger charge is -2.08. The molecule has 7 nitrogen and oxygen atoms in total. The van der Waals surface area contributed by atoms with Crippen molar-refractivity contribution in [2.45, 2.75) is 25.5 Å². The number of ether oxygens (including phenoxy) is 2. The molecule has 0 spiro atoms. The summed E-state index contributed by atoms with van der Waals surface area (Å²) in [7, 11) is 1.69. The van der Waals surface area contributed by atoms with Crippen LogP contribution in [0, 0.1) is 13.8 Å². The second kappa shape index (κ2) is 7.48. The minimum absolute atomic E-state index is 0.0740. The summed E-state index contributed by atoms with van der Waals surface area (Å²) in [5, 5.41) is 4.08. The number of fused-ring (bicyclic) bond motifs is 2. The standard InChI is InChI=1S/C19H19N3O4S2/c1-10-11(2)28-17-16(10)18(24)22(3)19(21-17)27-8-15(23)20-7-12-4-5-13-14(6-12)26-9-25-13/h4-6H,7-9H2,1-3H3,(H,20,23). The number of carbonyl (C=O) groups excluding carboxylic acids is 1. The van der Waals surface area contributed by atoms with Crippen LogP contribution in [0.3, 0.4) is 0 Å². The van der Waals surface area contributed by atoms with Gasteiger partial charge in [-0.3, -0.25) is 14.2 Å². The molecule has 1 amide bonds. The van der Waals surface area contributed by atoms with E-state index in [0.717, 1.165) is 20.8 Å². The van der Waals surface area contributed by atoms with Gasteiger partial charge < -0.3 is 14.8 Å². The summed E-state index contributed by atoms with van der Waals surface area (Å²) in [6.07, 6.45) is 0. The van der Waals surface area contributed by atoms with Gasteiger partial charge in [0.25, 0.3) is 5.56 Å². The minimum Gasteiger partial charge on any atom is -0.454 e. The van der Waals surface area contributed by atoms with Crippen LogP contribution in [0.25, 0.3) is 10.2 Å². The van der Waals surface area contributed by atoms with Crippen molar-refractivity contribution in [3.8, 4) is 11.5 Å². The first-order chi connectivity index (χ1) is 13.4. The average Bonchev–Trinajstić information content (AvgIpc) is 3.25. The van der Waals surface area contributed by atoms with Crippen LogP contribution in [0.4, 0.5) is 0 Å².